The van der Waals surface area contributed by atoms with Gasteiger partial charge < -0.3 is 15.2 Å². The Balaban J connectivity index is 2.48. The van der Waals surface area contributed by atoms with Crippen molar-refractivity contribution < 1.29 is 9.84 Å². The molecule has 1 atom stereocenters. The lowest BCUT2D eigenvalue weighted by Gasteiger charge is -2.14. The molecule has 0 amide bonds. The van der Waals surface area contributed by atoms with Gasteiger partial charge in [-0.15, -0.1) is 0 Å². The van der Waals surface area contributed by atoms with Crippen molar-refractivity contribution in [2.75, 3.05) is 25.6 Å². The largest absolute Gasteiger partial charge is 0.396 e. The predicted molar refractivity (Wildman–Crippen MR) is 62.2 cm³/mol. The molecule has 0 saturated carbocycles. The van der Waals surface area contributed by atoms with Crippen molar-refractivity contribution in [1.29, 1.82) is 0 Å². The Morgan fingerprint density at radius 1 is 1.33 bits per heavy atom. The van der Waals surface area contributed by atoms with Gasteiger partial charge in [-0.2, -0.15) is 0 Å². The summed E-state index contributed by atoms with van der Waals surface area (Å²) < 4.78 is 5.04. The molecule has 1 aromatic carbocycles. The van der Waals surface area contributed by atoms with Gasteiger partial charge in [0.1, 0.15) is 0 Å². The Bertz CT molecular complexity index is 271. The maximum absolute atomic E-state index is 8.77. The maximum Gasteiger partial charge on any atom is 0.0661 e. The zero-order valence-electron chi connectivity index (χ0n) is 9.36. The lowest BCUT2D eigenvalue weighted by Crippen LogP contribution is -2.20. The molecule has 3 heteroatoms. The second kappa shape index (κ2) is 6.43. The van der Waals surface area contributed by atoms with Crippen molar-refractivity contribution in [2.45, 2.75) is 19.4 Å². The summed E-state index contributed by atoms with van der Waals surface area (Å²) in [7, 11) is 1.70. The van der Waals surface area contributed by atoms with Gasteiger partial charge in [0.25, 0.3) is 0 Å². The molecule has 0 spiro atoms. The topological polar surface area (TPSA) is 41.5 Å². The quantitative estimate of drug-likeness (QED) is 0.749. The highest BCUT2D eigenvalue weighted by atomic mass is 16.5. The van der Waals surface area contributed by atoms with Crippen LogP contribution in [0.1, 0.15) is 12.5 Å². The molecular weight excluding hydrogens is 190 g/mol. The van der Waals surface area contributed by atoms with Gasteiger partial charge >= 0.3 is 0 Å². The summed E-state index contributed by atoms with van der Waals surface area (Å²) in [4.78, 5) is 0. The maximum atomic E-state index is 8.77. The van der Waals surface area contributed by atoms with Gasteiger partial charge in [0.2, 0.25) is 0 Å². The summed E-state index contributed by atoms with van der Waals surface area (Å²) in [6, 6.07) is 8.41. The Morgan fingerprint density at radius 2 is 2.00 bits per heavy atom. The Kier molecular flexibility index (Phi) is 5.15. The van der Waals surface area contributed by atoms with Crippen LogP contribution in [0.5, 0.6) is 0 Å². The van der Waals surface area contributed by atoms with Crippen LogP contribution in [0, 0.1) is 0 Å². The fourth-order valence-electron chi connectivity index (χ4n) is 1.47. The van der Waals surface area contributed by atoms with E-state index in [9.17, 15) is 0 Å². The van der Waals surface area contributed by atoms with E-state index in [1.165, 1.54) is 0 Å². The first-order valence-electron chi connectivity index (χ1n) is 5.21. The van der Waals surface area contributed by atoms with E-state index in [0.29, 0.717) is 19.1 Å². The summed E-state index contributed by atoms with van der Waals surface area (Å²) in [6.45, 7) is 2.97. The predicted octanol–water partition coefficient (Wildman–Crippen LogP) is 1.67. The van der Waals surface area contributed by atoms with Crippen molar-refractivity contribution in [3.8, 4) is 0 Å². The number of hydrogen-bond donors (Lipinski definition) is 2. The van der Waals surface area contributed by atoms with Crippen LogP contribution in [0.3, 0.4) is 0 Å². The lowest BCUT2D eigenvalue weighted by molar-refractivity contribution is 0.190. The third-order valence-corrected chi connectivity index (χ3v) is 2.18. The molecule has 0 fully saturated rings. The second-order valence-corrected chi connectivity index (χ2v) is 3.67. The summed E-state index contributed by atoms with van der Waals surface area (Å²) in [5.74, 6) is 0. The molecule has 0 aromatic heterocycles. The van der Waals surface area contributed by atoms with Gasteiger partial charge in [-0.25, -0.2) is 0 Å². The third kappa shape index (κ3) is 4.32. The molecule has 0 bridgehead atoms. The van der Waals surface area contributed by atoms with Crippen molar-refractivity contribution >= 4 is 5.69 Å². The Hall–Kier alpha value is -1.06. The molecular formula is C12H19NO2. The van der Waals surface area contributed by atoms with E-state index >= 15 is 0 Å². The average molecular weight is 209 g/mol. The van der Waals surface area contributed by atoms with Crippen LogP contribution in [0.15, 0.2) is 24.3 Å². The highest BCUT2D eigenvalue weighted by Crippen LogP contribution is 2.11. The Labute approximate surface area is 91.1 Å². The van der Waals surface area contributed by atoms with E-state index in [0.717, 1.165) is 11.3 Å². The molecule has 0 saturated heterocycles. The molecule has 3 nitrogen and oxygen atoms in total. The molecule has 0 radical (unpaired) electrons. The third-order valence-electron chi connectivity index (χ3n) is 2.18. The van der Waals surface area contributed by atoms with Crippen molar-refractivity contribution in [3.63, 3.8) is 0 Å². The highest BCUT2D eigenvalue weighted by Gasteiger charge is 2.00. The first-order chi connectivity index (χ1) is 7.26. The zero-order chi connectivity index (χ0) is 11.1. The molecule has 0 aliphatic carbocycles. The number of aliphatic hydroxyl groups excluding tert-OH is 1. The number of aliphatic hydroxyl groups is 1. The van der Waals surface area contributed by atoms with Crippen molar-refractivity contribution in [1.82, 2.24) is 0 Å². The standard InChI is InChI=1S/C12H19NO2/c1-10(9-15-2)13-12-5-3-11(4-6-12)7-8-14/h3-6,10,13-14H,7-9H2,1-2H3. The number of anilines is 1. The average Bonchev–Trinajstić information content (AvgIpc) is 2.22. The number of rotatable bonds is 6. The lowest BCUT2D eigenvalue weighted by atomic mass is 10.1. The summed E-state index contributed by atoms with van der Waals surface area (Å²) in [5, 5.41) is 12.1. The van der Waals surface area contributed by atoms with Crippen molar-refractivity contribution in [3.05, 3.63) is 29.8 Å². The summed E-state index contributed by atoms with van der Waals surface area (Å²) in [6.07, 6.45) is 0.716. The minimum Gasteiger partial charge on any atom is -0.396 e. The summed E-state index contributed by atoms with van der Waals surface area (Å²) in [5.41, 5.74) is 2.24. The molecule has 2 N–H and O–H groups in total. The van der Waals surface area contributed by atoms with E-state index in [-0.39, 0.29) is 6.61 Å². The second-order valence-electron chi connectivity index (χ2n) is 3.67. The van der Waals surface area contributed by atoms with Crippen LogP contribution >= 0.6 is 0 Å². The number of ether oxygens (including phenoxy) is 1. The van der Waals surface area contributed by atoms with E-state index in [1.54, 1.807) is 7.11 Å². The first kappa shape index (κ1) is 12.0. The van der Waals surface area contributed by atoms with Gasteiger partial charge in [0.05, 0.1) is 6.61 Å². The van der Waals surface area contributed by atoms with Crippen LogP contribution in [0.2, 0.25) is 0 Å². The molecule has 1 unspecified atom stereocenters. The SMILES string of the molecule is COCC(C)Nc1ccc(CCO)cc1. The molecule has 15 heavy (non-hydrogen) atoms. The Morgan fingerprint density at radius 3 is 2.53 bits per heavy atom. The minimum absolute atomic E-state index is 0.201. The van der Waals surface area contributed by atoms with Gasteiger partial charge in [0.15, 0.2) is 0 Å². The summed E-state index contributed by atoms with van der Waals surface area (Å²) >= 11 is 0. The monoisotopic (exact) mass is 209 g/mol. The van der Waals surface area contributed by atoms with Gasteiger partial charge in [-0.05, 0) is 31.0 Å². The van der Waals surface area contributed by atoms with Crippen molar-refractivity contribution in [2.24, 2.45) is 0 Å². The van der Waals surface area contributed by atoms with Crippen LogP contribution in [-0.4, -0.2) is 31.5 Å². The van der Waals surface area contributed by atoms with Gasteiger partial charge in [-0.1, -0.05) is 12.1 Å². The molecule has 84 valence electrons. The van der Waals surface area contributed by atoms with Crippen LogP contribution in [-0.2, 0) is 11.2 Å². The molecule has 1 aromatic rings. The fourth-order valence-corrected chi connectivity index (χ4v) is 1.47. The number of benzene rings is 1. The van der Waals surface area contributed by atoms with Crippen LogP contribution in [0.4, 0.5) is 5.69 Å². The van der Waals surface area contributed by atoms with Gasteiger partial charge in [-0.3, -0.25) is 0 Å². The zero-order valence-corrected chi connectivity index (χ0v) is 9.36. The van der Waals surface area contributed by atoms with E-state index in [1.807, 2.05) is 24.3 Å². The fraction of sp³-hybridized carbons (Fsp3) is 0.500. The molecule has 0 heterocycles. The normalized spacial score (nSPS) is 12.5. The molecule has 0 aliphatic heterocycles. The van der Waals surface area contributed by atoms with E-state index in [4.69, 9.17) is 9.84 Å². The molecule has 0 aliphatic rings. The molecule has 1 rings (SSSR count). The number of nitrogens with one attached hydrogen (secondary N) is 1. The number of hydrogen-bond acceptors (Lipinski definition) is 3. The van der Waals surface area contributed by atoms with Crippen LogP contribution in [0.25, 0.3) is 0 Å². The van der Waals surface area contributed by atoms with Gasteiger partial charge in [0, 0.05) is 25.4 Å². The van der Waals surface area contributed by atoms with E-state index < -0.39 is 0 Å². The minimum atomic E-state index is 0.201. The number of methoxy groups -OCH3 is 1. The highest BCUT2D eigenvalue weighted by molar-refractivity contribution is 5.45. The van der Waals surface area contributed by atoms with E-state index in [2.05, 4.69) is 12.2 Å². The first-order valence-corrected chi connectivity index (χ1v) is 5.21. The van der Waals surface area contributed by atoms with Crippen LogP contribution < -0.4 is 5.32 Å². The smallest absolute Gasteiger partial charge is 0.0661 e.